The van der Waals surface area contributed by atoms with E-state index >= 15 is 0 Å². The summed E-state index contributed by atoms with van der Waals surface area (Å²) in [5.41, 5.74) is 0. The predicted octanol–water partition coefficient (Wildman–Crippen LogP) is -3.58. The van der Waals surface area contributed by atoms with Gasteiger partial charge in [0.2, 0.25) is 0 Å². The van der Waals surface area contributed by atoms with Crippen molar-refractivity contribution in [2.45, 2.75) is 0 Å². The summed E-state index contributed by atoms with van der Waals surface area (Å²) in [5, 5.41) is 0. The Hall–Kier alpha value is 0.370. The molecule has 16 heavy (non-hydrogen) atoms. The van der Waals surface area contributed by atoms with Crippen LogP contribution in [0.4, 0.5) is 0 Å². The summed E-state index contributed by atoms with van der Waals surface area (Å²) in [6.07, 6.45) is 0. The Morgan fingerprint density at radius 3 is 0.438 bits per heavy atom. The maximum atomic E-state index is 8.57. The third-order valence-corrected chi connectivity index (χ3v) is 0. The summed E-state index contributed by atoms with van der Waals surface area (Å²) in [7, 11) is 0. The monoisotopic (exact) mass is 308 g/mol. The second-order valence-electron chi connectivity index (χ2n) is 0.422. The fourth-order valence-electron chi connectivity index (χ4n) is 0. The van der Waals surface area contributed by atoms with E-state index in [9.17, 15) is 0 Å². The minimum absolute atomic E-state index is 0. The Labute approximate surface area is 118 Å². The Morgan fingerprint density at radius 1 is 0.438 bits per heavy atom. The van der Waals surface area contributed by atoms with Gasteiger partial charge in [-0.15, -0.1) is 0 Å². The quantitative estimate of drug-likeness (QED) is 0.201. The third kappa shape index (κ3) is 18800. The van der Waals surface area contributed by atoms with Gasteiger partial charge in [0.15, 0.2) is 0 Å². The van der Waals surface area contributed by atoms with Gasteiger partial charge in [-0.25, -0.2) is 0 Å². The summed E-state index contributed by atoms with van der Waals surface area (Å²) >= 11 is -6.00. The van der Waals surface area contributed by atoms with Crippen LogP contribution in [0.1, 0.15) is 0 Å². The molecule has 0 spiro atoms. The molecule has 0 saturated heterocycles. The molecule has 0 atom stereocenters. The van der Waals surface area contributed by atoms with Crippen LogP contribution in [0.25, 0.3) is 0 Å². The topological polar surface area (TPSA) is 289 Å². The third-order valence-electron chi connectivity index (χ3n) is 0. The van der Waals surface area contributed by atoms with Crippen LogP contribution in [0.3, 0.4) is 0 Å². The predicted molar refractivity (Wildman–Crippen MR) is 54.7 cm³/mol. The second-order valence-corrected chi connectivity index (χ2v) is 1.26. The standard InChI is InChI=1S/4Al.4H3N.4H2O.4O/h;;;;4*1H3;4*1H2;;;;/q4*+1;;;;;;;;;;;;/p-4. The second kappa shape index (κ2) is 166. The molecule has 0 heterocycles. The van der Waals surface area contributed by atoms with Crippen molar-refractivity contribution >= 4 is 61.9 Å². The van der Waals surface area contributed by atoms with Gasteiger partial charge in [0.1, 0.15) is 0 Å². The molecule has 0 aliphatic carbocycles. The summed E-state index contributed by atoms with van der Waals surface area (Å²) < 4.78 is 62.7. The van der Waals surface area contributed by atoms with E-state index in [1.54, 1.807) is 0 Å². The molecule has 96 valence electrons. The average Bonchev–Trinajstić information content (AvgIpc) is 1.92. The number of hydrogen-bond donors (Lipinski definition) is 8. The molecular formula is H16Al4N4O8. The van der Waals surface area contributed by atoms with Crippen molar-refractivity contribution in [3.8, 4) is 0 Å². The molecular weight excluding hydrogens is 292 g/mol. The van der Waals surface area contributed by atoms with Crippen LogP contribution in [0.15, 0.2) is 0 Å². The van der Waals surface area contributed by atoms with E-state index in [4.69, 9.17) is 31.8 Å². The molecule has 16 N–H and O–H groups in total. The first-order chi connectivity index (χ1) is 5.66. The number of hydrogen-bond acceptors (Lipinski definition) is 8. The van der Waals surface area contributed by atoms with Gasteiger partial charge < -0.3 is 24.6 Å². The van der Waals surface area contributed by atoms with Crippen molar-refractivity contribution in [1.82, 2.24) is 24.6 Å². The molecule has 0 bridgehead atoms. The summed E-state index contributed by atoms with van der Waals surface area (Å²) in [6.45, 7) is 0. The van der Waals surface area contributed by atoms with Crippen molar-refractivity contribution in [1.29, 1.82) is 0 Å². The molecule has 0 saturated carbocycles. The molecule has 0 amide bonds. The van der Waals surface area contributed by atoms with Crippen LogP contribution < -0.4 is 24.6 Å². The fourth-order valence-corrected chi connectivity index (χ4v) is 0. The average molecular weight is 308 g/mol. The molecule has 0 rings (SSSR count). The van der Waals surface area contributed by atoms with Crippen molar-refractivity contribution in [3.63, 3.8) is 0 Å². The zero-order valence-electron chi connectivity index (χ0n) is 8.56. The van der Waals surface area contributed by atoms with Crippen LogP contribution in [0.2, 0.25) is 0 Å². The zero-order chi connectivity index (χ0) is 10.8. The van der Waals surface area contributed by atoms with Gasteiger partial charge in [0, 0.05) is 0 Å². The van der Waals surface area contributed by atoms with Crippen LogP contribution >= 0.6 is 0 Å². The van der Waals surface area contributed by atoms with Gasteiger partial charge >= 0.3 is 93.8 Å². The van der Waals surface area contributed by atoms with E-state index in [0.717, 1.165) is 0 Å². The van der Waals surface area contributed by atoms with E-state index in [2.05, 4.69) is 0 Å². The van der Waals surface area contributed by atoms with Gasteiger partial charge in [-0.1, -0.05) is 0 Å². The Kier molecular flexibility index (Phi) is 573. The molecule has 0 fully saturated rings. The van der Waals surface area contributed by atoms with E-state index in [1.165, 1.54) is 0 Å². The Bertz CT molecular complexity index is 78.0. The van der Waals surface area contributed by atoms with Gasteiger partial charge in [0.05, 0.1) is 0 Å². The molecule has 0 radical (unpaired) electrons. The summed E-state index contributed by atoms with van der Waals surface area (Å²) in [6, 6.07) is 0. The van der Waals surface area contributed by atoms with Crippen LogP contribution in [0, 0.1) is 0 Å². The van der Waals surface area contributed by atoms with E-state index in [-0.39, 0.29) is 24.6 Å². The van der Waals surface area contributed by atoms with Crippen LogP contribution in [0.5, 0.6) is 0 Å². The molecule has 0 unspecified atom stereocenters. The summed E-state index contributed by atoms with van der Waals surface area (Å²) in [5.74, 6) is 0. The molecule has 12 nitrogen and oxygen atoms in total. The van der Waals surface area contributed by atoms with E-state index < -0.39 is 61.9 Å². The molecule has 0 aromatic heterocycles. The summed E-state index contributed by atoms with van der Waals surface area (Å²) in [4.78, 5) is 0. The first-order valence-electron chi connectivity index (χ1n) is 1.98. The SMILES string of the molecule is N.N.N.N.[O]=[Al][OH].[O]=[Al][OH].[O]=[Al][OH].[O]=[Al][OH]. The van der Waals surface area contributed by atoms with Crippen molar-refractivity contribution in [2.24, 2.45) is 0 Å². The van der Waals surface area contributed by atoms with Crippen molar-refractivity contribution < 1.29 is 31.8 Å². The van der Waals surface area contributed by atoms with Crippen LogP contribution in [-0.2, 0) is 15.2 Å². The first kappa shape index (κ1) is 55.2. The molecule has 0 aromatic carbocycles. The van der Waals surface area contributed by atoms with Gasteiger partial charge in [-0.2, -0.15) is 0 Å². The maximum absolute atomic E-state index is 8.57. The normalized spacial score (nSPS) is 2.00. The Balaban J connectivity index is -0.00000000821. The van der Waals surface area contributed by atoms with E-state index in [1.807, 2.05) is 0 Å². The number of rotatable bonds is 0. The van der Waals surface area contributed by atoms with Crippen molar-refractivity contribution in [3.05, 3.63) is 0 Å². The van der Waals surface area contributed by atoms with Gasteiger partial charge in [-0.05, 0) is 0 Å². The van der Waals surface area contributed by atoms with Gasteiger partial charge in [0.25, 0.3) is 0 Å². The van der Waals surface area contributed by atoms with Gasteiger partial charge in [-0.3, -0.25) is 0 Å². The first-order valence-corrected chi connectivity index (χ1v) is 5.93. The molecule has 0 aromatic rings. The molecule has 16 heteroatoms. The fraction of sp³-hybridized carbons (Fsp3) is 0. The zero-order valence-corrected chi connectivity index (χ0v) is 13.2. The minimum atomic E-state index is -1.50. The van der Waals surface area contributed by atoms with E-state index in [0.29, 0.717) is 0 Å². The Morgan fingerprint density at radius 2 is 0.438 bits per heavy atom. The molecule has 0 aliphatic rings. The van der Waals surface area contributed by atoms with Crippen molar-refractivity contribution in [2.75, 3.05) is 0 Å². The van der Waals surface area contributed by atoms with Crippen LogP contribution in [-0.4, -0.2) is 78.6 Å². The molecule has 0 aliphatic heterocycles.